The van der Waals surface area contributed by atoms with Crippen LogP contribution < -0.4 is 10.1 Å². The normalized spacial score (nSPS) is 17.7. The standard InChI is InChI=1S/C20H29ClN2O2.ClH/c1-15-13-18(6-7-19(15)21)25-12-2-3-20(24)23-10-8-17(9-11-23)22-14-16-4-5-16;/h6-7,13,16-17,22H,2-5,8-12,14H2,1H3;1H. The average molecular weight is 401 g/mol. The fourth-order valence-electron chi connectivity index (χ4n) is 3.27. The van der Waals surface area contributed by atoms with Crippen molar-refractivity contribution in [2.75, 3.05) is 26.2 Å². The molecule has 26 heavy (non-hydrogen) atoms. The number of carbonyl (C=O) groups is 1. The molecule has 1 N–H and O–H groups in total. The number of likely N-dealkylation sites (tertiary alicyclic amines) is 1. The first-order chi connectivity index (χ1) is 12.1. The molecule has 0 spiro atoms. The third kappa shape index (κ3) is 6.64. The Balaban J connectivity index is 0.00000243. The van der Waals surface area contributed by atoms with Crippen molar-refractivity contribution in [3.05, 3.63) is 28.8 Å². The second-order valence-electron chi connectivity index (χ2n) is 7.37. The van der Waals surface area contributed by atoms with Crippen molar-refractivity contribution >= 4 is 29.9 Å². The lowest BCUT2D eigenvalue weighted by molar-refractivity contribution is -0.132. The number of nitrogens with zero attached hydrogens (tertiary/aromatic N) is 1. The molecule has 2 fully saturated rings. The van der Waals surface area contributed by atoms with E-state index in [-0.39, 0.29) is 18.3 Å². The summed E-state index contributed by atoms with van der Waals surface area (Å²) < 4.78 is 5.72. The van der Waals surface area contributed by atoms with E-state index in [1.54, 1.807) is 0 Å². The van der Waals surface area contributed by atoms with Gasteiger partial charge in [0.15, 0.2) is 0 Å². The van der Waals surface area contributed by atoms with Crippen LogP contribution in [0.5, 0.6) is 5.75 Å². The quantitative estimate of drug-likeness (QED) is 0.664. The van der Waals surface area contributed by atoms with Gasteiger partial charge in [-0.25, -0.2) is 0 Å². The maximum absolute atomic E-state index is 12.3. The Hall–Kier alpha value is -0.970. The van der Waals surface area contributed by atoms with Crippen LogP contribution in [0, 0.1) is 12.8 Å². The lowest BCUT2D eigenvalue weighted by Gasteiger charge is -2.32. The number of aryl methyl sites for hydroxylation is 1. The summed E-state index contributed by atoms with van der Waals surface area (Å²) in [6, 6.07) is 6.25. The minimum atomic E-state index is 0. The molecule has 2 aliphatic rings. The molecule has 0 bridgehead atoms. The fraction of sp³-hybridized carbons (Fsp3) is 0.650. The van der Waals surface area contributed by atoms with Gasteiger partial charge in [0.05, 0.1) is 6.61 Å². The van der Waals surface area contributed by atoms with E-state index in [0.717, 1.165) is 54.6 Å². The average Bonchev–Trinajstić information content (AvgIpc) is 3.44. The molecule has 0 unspecified atom stereocenters. The topological polar surface area (TPSA) is 41.6 Å². The van der Waals surface area contributed by atoms with Gasteiger partial charge in [0.1, 0.15) is 5.75 Å². The van der Waals surface area contributed by atoms with Gasteiger partial charge in [-0.2, -0.15) is 0 Å². The highest BCUT2D eigenvalue weighted by Crippen LogP contribution is 2.28. The monoisotopic (exact) mass is 400 g/mol. The van der Waals surface area contributed by atoms with Crippen LogP contribution in [0.1, 0.15) is 44.1 Å². The summed E-state index contributed by atoms with van der Waals surface area (Å²) in [4.78, 5) is 14.3. The minimum Gasteiger partial charge on any atom is -0.494 e. The van der Waals surface area contributed by atoms with Crippen molar-refractivity contribution in [1.82, 2.24) is 10.2 Å². The van der Waals surface area contributed by atoms with E-state index in [1.165, 1.54) is 19.4 Å². The van der Waals surface area contributed by atoms with E-state index in [1.807, 2.05) is 30.0 Å². The van der Waals surface area contributed by atoms with Crippen molar-refractivity contribution in [1.29, 1.82) is 0 Å². The first-order valence-corrected chi connectivity index (χ1v) is 9.89. The Morgan fingerprint density at radius 1 is 1.27 bits per heavy atom. The SMILES string of the molecule is Cc1cc(OCCCC(=O)N2CCC(NCC3CC3)CC2)ccc1Cl.Cl. The van der Waals surface area contributed by atoms with Gasteiger partial charge >= 0.3 is 0 Å². The van der Waals surface area contributed by atoms with Crippen molar-refractivity contribution < 1.29 is 9.53 Å². The summed E-state index contributed by atoms with van der Waals surface area (Å²) in [6.07, 6.45) is 6.26. The molecule has 1 aromatic carbocycles. The van der Waals surface area contributed by atoms with E-state index in [9.17, 15) is 4.79 Å². The predicted molar refractivity (Wildman–Crippen MR) is 108 cm³/mol. The Morgan fingerprint density at radius 3 is 2.65 bits per heavy atom. The zero-order valence-corrected chi connectivity index (χ0v) is 17.1. The summed E-state index contributed by atoms with van der Waals surface area (Å²) in [5, 5.41) is 4.40. The number of nitrogens with one attached hydrogen (secondary N) is 1. The second kappa shape index (κ2) is 10.4. The molecule has 1 aromatic rings. The third-order valence-corrected chi connectivity index (χ3v) is 5.60. The van der Waals surface area contributed by atoms with Crippen LogP contribution in [-0.4, -0.2) is 43.1 Å². The second-order valence-corrected chi connectivity index (χ2v) is 7.78. The molecule has 1 amide bonds. The molecule has 1 aliphatic heterocycles. The molecule has 6 heteroatoms. The number of ether oxygens (including phenoxy) is 1. The van der Waals surface area contributed by atoms with Gasteiger partial charge in [0.25, 0.3) is 0 Å². The van der Waals surface area contributed by atoms with Gasteiger partial charge in [-0.05, 0) is 75.3 Å². The van der Waals surface area contributed by atoms with Gasteiger partial charge in [0, 0.05) is 30.6 Å². The largest absolute Gasteiger partial charge is 0.494 e. The summed E-state index contributed by atoms with van der Waals surface area (Å²) in [5.41, 5.74) is 1.01. The summed E-state index contributed by atoms with van der Waals surface area (Å²) in [5.74, 6) is 2.00. The molecule has 1 aliphatic carbocycles. The number of rotatable bonds is 8. The number of carbonyl (C=O) groups excluding carboxylic acids is 1. The van der Waals surface area contributed by atoms with Crippen LogP contribution in [0.15, 0.2) is 18.2 Å². The number of piperidine rings is 1. The lowest BCUT2D eigenvalue weighted by Crippen LogP contribution is -2.45. The fourth-order valence-corrected chi connectivity index (χ4v) is 3.38. The molecule has 1 saturated heterocycles. The van der Waals surface area contributed by atoms with Gasteiger partial charge in [-0.15, -0.1) is 12.4 Å². The van der Waals surface area contributed by atoms with Crippen molar-refractivity contribution in [3.63, 3.8) is 0 Å². The molecule has 0 aromatic heterocycles. The molecular weight excluding hydrogens is 371 g/mol. The smallest absolute Gasteiger partial charge is 0.222 e. The highest BCUT2D eigenvalue weighted by Gasteiger charge is 2.25. The van der Waals surface area contributed by atoms with E-state index >= 15 is 0 Å². The minimum absolute atomic E-state index is 0. The zero-order chi connectivity index (χ0) is 17.6. The van der Waals surface area contributed by atoms with Crippen LogP contribution in [0.2, 0.25) is 5.02 Å². The Labute approximate surface area is 168 Å². The van der Waals surface area contributed by atoms with Crippen molar-refractivity contribution in [3.8, 4) is 5.75 Å². The Bertz CT molecular complexity index is 585. The van der Waals surface area contributed by atoms with E-state index in [4.69, 9.17) is 16.3 Å². The number of benzene rings is 1. The van der Waals surface area contributed by atoms with Gasteiger partial charge in [-0.3, -0.25) is 4.79 Å². The molecule has 4 nitrogen and oxygen atoms in total. The number of amides is 1. The van der Waals surface area contributed by atoms with Crippen LogP contribution >= 0.6 is 24.0 Å². The van der Waals surface area contributed by atoms with E-state index in [2.05, 4.69) is 5.32 Å². The molecule has 1 heterocycles. The van der Waals surface area contributed by atoms with E-state index in [0.29, 0.717) is 19.1 Å². The van der Waals surface area contributed by atoms with Gasteiger partial charge in [-0.1, -0.05) is 11.6 Å². The van der Waals surface area contributed by atoms with Gasteiger partial charge < -0.3 is 15.0 Å². The van der Waals surface area contributed by atoms with Crippen molar-refractivity contribution in [2.24, 2.45) is 5.92 Å². The maximum atomic E-state index is 12.3. The molecular formula is C20H30Cl2N2O2. The molecule has 3 rings (SSSR count). The molecule has 0 radical (unpaired) electrons. The summed E-state index contributed by atoms with van der Waals surface area (Å²) in [6.45, 7) is 5.46. The highest BCUT2D eigenvalue weighted by molar-refractivity contribution is 6.31. The number of halogens is 2. The Morgan fingerprint density at radius 2 is 2.00 bits per heavy atom. The predicted octanol–water partition coefficient (Wildman–Crippen LogP) is 4.22. The van der Waals surface area contributed by atoms with Crippen LogP contribution in [-0.2, 0) is 4.79 Å². The molecule has 1 saturated carbocycles. The van der Waals surface area contributed by atoms with Crippen molar-refractivity contribution in [2.45, 2.75) is 51.5 Å². The number of hydrogen-bond donors (Lipinski definition) is 1. The lowest BCUT2D eigenvalue weighted by atomic mass is 10.0. The summed E-state index contributed by atoms with van der Waals surface area (Å²) >= 11 is 6.01. The first-order valence-electron chi connectivity index (χ1n) is 9.52. The number of hydrogen-bond acceptors (Lipinski definition) is 3. The van der Waals surface area contributed by atoms with Crippen LogP contribution in [0.3, 0.4) is 0 Å². The first kappa shape index (κ1) is 21.3. The van der Waals surface area contributed by atoms with E-state index < -0.39 is 0 Å². The zero-order valence-electron chi connectivity index (χ0n) is 15.5. The van der Waals surface area contributed by atoms with Crippen LogP contribution in [0.25, 0.3) is 0 Å². The highest BCUT2D eigenvalue weighted by atomic mass is 35.5. The third-order valence-electron chi connectivity index (χ3n) is 5.17. The van der Waals surface area contributed by atoms with Gasteiger partial charge in [0.2, 0.25) is 5.91 Å². The molecule has 0 atom stereocenters. The molecule has 146 valence electrons. The van der Waals surface area contributed by atoms with Crippen LogP contribution in [0.4, 0.5) is 0 Å². The maximum Gasteiger partial charge on any atom is 0.222 e. The Kier molecular flexibility index (Phi) is 8.52. The summed E-state index contributed by atoms with van der Waals surface area (Å²) in [7, 11) is 0.